The molecule has 2 aromatic rings. The number of aryl methyl sites for hydroxylation is 1. The van der Waals surface area contributed by atoms with Crippen molar-refractivity contribution in [2.75, 3.05) is 25.0 Å². The fourth-order valence-corrected chi connectivity index (χ4v) is 3.03. The van der Waals surface area contributed by atoms with Crippen LogP contribution in [0.3, 0.4) is 0 Å². The minimum Gasteiger partial charge on any atom is -0.340 e. The average molecular weight is 355 g/mol. The van der Waals surface area contributed by atoms with Crippen LogP contribution in [-0.4, -0.2) is 56.0 Å². The number of hydrogen-bond donors (Lipinski definition) is 0. The lowest BCUT2D eigenvalue weighted by molar-refractivity contribution is -0.141. The Morgan fingerprint density at radius 3 is 2.84 bits per heavy atom. The number of aromatic nitrogens is 5. The Hall–Kier alpha value is -2.23. The van der Waals surface area contributed by atoms with Crippen LogP contribution in [0.2, 0.25) is 0 Å². The summed E-state index contributed by atoms with van der Waals surface area (Å²) in [5.41, 5.74) is -0.0438. The second kappa shape index (κ2) is 6.95. The van der Waals surface area contributed by atoms with Gasteiger partial charge in [0, 0.05) is 45.6 Å². The Labute approximate surface area is 143 Å². The van der Waals surface area contributed by atoms with Gasteiger partial charge in [-0.3, -0.25) is 9.58 Å². The number of piperidine rings is 1. The van der Waals surface area contributed by atoms with Crippen molar-refractivity contribution in [3.8, 4) is 0 Å². The van der Waals surface area contributed by atoms with Crippen LogP contribution < -0.4 is 4.90 Å². The molecule has 1 aliphatic heterocycles. The Morgan fingerprint density at radius 2 is 2.16 bits per heavy atom. The number of nitrogens with zero attached hydrogens (tertiary/aromatic N) is 7. The van der Waals surface area contributed by atoms with Crippen LogP contribution in [0, 0.1) is 0 Å². The van der Waals surface area contributed by atoms with Gasteiger partial charge in [0.05, 0.1) is 5.69 Å². The first-order valence-electron chi connectivity index (χ1n) is 8.03. The molecular weight excluding hydrogens is 335 g/mol. The Balaban J connectivity index is 1.68. The van der Waals surface area contributed by atoms with E-state index in [9.17, 15) is 13.2 Å². The maximum atomic E-state index is 12.8. The monoisotopic (exact) mass is 355 g/mol. The molecule has 3 rings (SSSR count). The smallest absolute Gasteiger partial charge is 0.340 e. The van der Waals surface area contributed by atoms with Gasteiger partial charge < -0.3 is 4.90 Å². The van der Waals surface area contributed by atoms with Crippen LogP contribution in [0.25, 0.3) is 0 Å². The lowest BCUT2D eigenvalue weighted by Gasteiger charge is -2.37. The number of hydrogen-bond acceptors (Lipinski definition) is 6. The van der Waals surface area contributed by atoms with Crippen LogP contribution in [0.5, 0.6) is 0 Å². The number of halogens is 3. The average Bonchev–Trinajstić information content (AvgIpc) is 2.98. The highest BCUT2D eigenvalue weighted by Crippen LogP contribution is 2.28. The molecule has 0 aliphatic carbocycles. The fraction of sp³-hybridized carbons (Fsp3) is 0.600. The van der Waals surface area contributed by atoms with E-state index in [1.807, 2.05) is 13.2 Å². The van der Waals surface area contributed by atoms with E-state index < -0.39 is 11.9 Å². The summed E-state index contributed by atoms with van der Waals surface area (Å²) in [6.45, 7) is 2.30. The Kier molecular flexibility index (Phi) is 4.89. The summed E-state index contributed by atoms with van der Waals surface area (Å²) in [7, 11) is 3.56. The second-order valence-corrected chi connectivity index (χ2v) is 6.27. The molecule has 136 valence electrons. The van der Waals surface area contributed by atoms with Gasteiger partial charge in [-0.1, -0.05) is 5.21 Å². The summed E-state index contributed by atoms with van der Waals surface area (Å²) >= 11 is 0. The van der Waals surface area contributed by atoms with Gasteiger partial charge in [-0.2, -0.15) is 13.2 Å². The van der Waals surface area contributed by atoms with Gasteiger partial charge in [0.25, 0.3) is 0 Å². The van der Waals surface area contributed by atoms with E-state index in [1.54, 1.807) is 16.6 Å². The third-order valence-corrected chi connectivity index (χ3v) is 4.31. The van der Waals surface area contributed by atoms with Crippen LogP contribution in [-0.2, 0) is 19.8 Å². The van der Waals surface area contributed by atoms with Gasteiger partial charge in [0.1, 0.15) is 5.69 Å². The first-order chi connectivity index (χ1) is 11.8. The van der Waals surface area contributed by atoms with Crippen molar-refractivity contribution >= 4 is 5.95 Å². The van der Waals surface area contributed by atoms with E-state index in [1.165, 1.54) is 0 Å². The molecule has 2 aromatic heterocycles. The first kappa shape index (κ1) is 17.6. The topological polar surface area (TPSA) is 63.0 Å². The predicted octanol–water partition coefficient (Wildman–Crippen LogP) is 1.72. The van der Waals surface area contributed by atoms with Crippen LogP contribution in [0.15, 0.2) is 18.5 Å². The molecule has 1 aliphatic rings. The maximum Gasteiger partial charge on any atom is 0.433 e. The molecule has 1 saturated heterocycles. The maximum absolute atomic E-state index is 12.8. The number of alkyl halides is 3. The standard InChI is InChI=1S/C15H20F3N7/c1-23-8-11(21-22-23)9-25-7-3-4-12(10-25)24(2)14-19-6-5-13(20-14)15(16,17)18/h5-6,8,12H,3-4,7,9-10H2,1-2H3. The Morgan fingerprint density at radius 1 is 1.36 bits per heavy atom. The molecule has 0 amide bonds. The molecule has 0 N–H and O–H groups in total. The summed E-state index contributed by atoms with van der Waals surface area (Å²) in [5, 5.41) is 8.00. The van der Waals surface area contributed by atoms with E-state index in [2.05, 4.69) is 25.2 Å². The largest absolute Gasteiger partial charge is 0.433 e. The van der Waals surface area contributed by atoms with Gasteiger partial charge in [0.2, 0.25) is 5.95 Å². The summed E-state index contributed by atoms with van der Waals surface area (Å²) < 4.78 is 40.2. The molecule has 0 saturated carbocycles. The van der Waals surface area contributed by atoms with Gasteiger partial charge >= 0.3 is 6.18 Å². The highest BCUT2D eigenvalue weighted by molar-refractivity contribution is 5.31. The van der Waals surface area contributed by atoms with Crippen molar-refractivity contribution < 1.29 is 13.2 Å². The highest BCUT2D eigenvalue weighted by atomic mass is 19.4. The van der Waals surface area contributed by atoms with Crippen LogP contribution >= 0.6 is 0 Å². The van der Waals surface area contributed by atoms with E-state index in [0.29, 0.717) is 13.1 Å². The zero-order valence-electron chi connectivity index (χ0n) is 14.1. The predicted molar refractivity (Wildman–Crippen MR) is 84.7 cm³/mol. The van der Waals surface area contributed by atoms with Crippen LogP contribution in [0.4, 0.5) is 19.1 Å². The molecule has 0 spiro atoms. The van der Waals surface area contributed by atoms with Crippen molar-refractivity contribution in [2.45, 2.75) is 31.6 Å². The van der Waals surface area contributed by atoms with Gasteiger partial charge in [0.15, 0.2) is 0 Å². The summed E-state index contributed by atoms with van der Waals surface area (Å²) in [6.07, 6.45) is 0.384. The third-order valence-electron chi connectivity index (χ3n) is 4.31. The molecule has 1 fully saturated rings. The number of likely N-dealkylation sites (tertiary alicyclic amines) is 1. The van der Waals surface area contributed by atoms with Gasteiger partial charge in [-0.15, -0.1) is 5.10 Å². The van der Waals surface area contributed by atoms with Crippen molar-refractivity contribution in [1.29, 1.82) is 0 Å². The quantitative estimate of drug-likeness (QED) is 0.832. The highest BCUT2D eigenvalue weighted by Gasteiger charge is 2.34. The lowest BCUT2D eigenvalue weighted by atomic mass is 10.0. The van der Waals surface area contributed by atoms with Crippen LogP contribution in [0.1, 0.15) is 24.2 Å². The molecular formula is C15H20F3N7. The summed E-state index contributed by atoms with van der Waals surface area (Å²) in [6, 6.07) is 0.937. The third kappa shape index (κ3) is 4.25. The molecule has 7 nitrogen and oxygen atoms in total. The van der Waals surface area contributed by atoms with E-state index in [-0.39, 0.29) is 12.0 Å². The molecule has 1 atom stereocenters. The normalized spacial score (nSPS) is 19.2. The zero-order chi connectivity index (χ0) is 18.0. The summed E-state index contributed by atoms with van der Waals surface area (Å²) in [5.74, 6) is 0.0983. The lowest BCUT2D eigenvalue weighted by Crippen LogP contribution is -2.46. The molecule has 0 radical (unpaired) electrons. The fourth-order valence-electron chi connectivity index (χ4n) is 3.03. The van der Waals surface area contributed by atoms with Gasteiger partial charge in [-0.25, -0.2) is 9.97 Å². The molecule has 1 unspecified atom stereocenters. The van der Waals surface area contributed by atoms with Crippen molar-refractivity contribution in [2.24, 2.45) is 7.05 Å². The van der Waals surface area contributed by atoms with Gasteiger partial charge in [-0.05, 0) is 25.5 Å². The molecule has 0 bridgehead atoms. The van der Waals surface area contributed by atoms with Crippen molar-refractivity contribution in [3.63, 3.8) is 0 Å². The number of rotatable bonds is 4. The van der Waals surface area contributed by atoms with Crippen molar-refractivity contribution in [3.05, 3.63) is 29.8 Å². The molecule has 0 aromatic carbocycles. The second-order valence-electron chi connectivity index (χ2n) is 6.27. The zero-order valence-corrected chi connectivity index (χ0v) is 14.1. The molecule has 3 heterocycles. The van der Waals surface area contributed by atoms with E-state index in [4.69, 9.17) is 0 Å². The minimum atomic E-state index is -4.47. The van der Waals surface area contributed by atoms with E-state index >= 15 is 0 Å². The number of likely N-dealkylation sites (N-methyl/N-ethyl adjacent to an activating group) is 1. The van der Waals surface area contributed by atoms with E-state index in [0.717, 1.165) is 37.3 Å². The van der Waals surface area contributed by atoms with Crippen molar-refractivity contribution in [1.82, 2.24) is 29.9 Å². The Bertz CT molecular complexity index is 715. The first-order valence-corrected chi connectivity index (χ1v) is 8.03. The molecule has 25 heavy (non-hydrogen) atoms. The SMILES string of the molecule is CN(c1nccc(C(F)(F)F)n1)C1CCCN(Cc2cn(C)nn2)C1. The summed E-state index contributed by atoms with van der Waals surface area (Å²) in [4.78, 5) is 11.6. The minimum absolute atomic E-state index is 0.0499. The number of anilines is 1. The molecule has 10 heteroatoms.